The Balaban J connectivity index is 1.58. The fourth-order valence-electron chi connectivity index (χ4n) is 2.86. The minimum Gasteiger partial charge on any atom is -0.450 e. The number of rotatable bonds is 7. The molecule has 0 bridgehead atoms. The van der Waals surface area contributed by atoms with Crippen LogP contribution in [0.1, 0.15) is 37.3 Å². The number of hydrogen-bond acceptors (Lipinski definition) is 4. The lowest BCUT2D eigenvalue weighted by atomic mass is 10.1. The summed E-state index contributed by atoms with van der Waals surface area (Å²) >= 11 is 0. The lowest BCUT2D eigenvalue weighted by Gasteiger charge is -2.31. The zero-order valence-corrected chi connectivity index (χ0v) is 15.2. The molecule has 6 heteroatoms. The summed E-state index contributed by atoms with van der Waals surface area (Å²) in [5.74, 6) is 0.0611. The molecule has 2 N–H and O–H groups in total. The fraction of sp³-hybridized carbons (Fsp3) is 0.579. The second kappa shape index (κ2) is 10.0. The Bertz CT molecular complexity index is 552. The van der Waals surface area contributed by atoms with E-state index in [-0.39, 0.29) is 18.0 Å². The third-order valence-corrected chi connectivity index (χ3v) is 4.36. The van der Waals surface area contributed by atoms with Crippen LogP contribution in [-0.2, 0) is 16.1 Å². The highest BCUT2D eigenvalue weighted by Crippen LogP contribution is 2.11. The van der Waals surface area contributed by atoms with Crippen LogP contribution in [0.4, 0.5) is 4.79 Å². The van der Waals surface area contributed by atoms with Crippen molar-refractivity contribution in [2.45, 2.75) is 45.7 Å². The van der Waals surface area contributed by atoms with E-state index in [1.165, 1.54) is 11.1 Å². The Morgan fingerprint density at radius 3 is 2.52 bits per heavy atom. The first-order chi connectivity index (χ1) is 12.1. The molecule has 1 aromatic rings. The maximum absolute atomic E-state index is 12.0. The highest BCUT2D eigenvalue weighted by atomic mass is 16.6. The number of piperidine rings is 1. The summed E-state index contributed by atoms with van der Waals surface area (Å²) in [5, 5.41) is 6.35. The molecule has 0 aliphatic carbocycles. The van der Waals surface area contributed by atoms with Crippen molar-refractivity contribution < 1.29 is 14.3 Å². The molecule has 0 spiro atoms. The Morgan fingerprint density at radius 1 is 1.20 bits per heavy atom. The molecule has 2 amide bonds. The summed E-state index contributed by atoms with van der Waals surface area (Å²) in [4.78, 5) is 25.4. The minimum atomic E-state index is -0.257. The number of ether oxygens (including phenoxy) is 1. The first kappa shape index (κ1) is 19.2. The van der Waals surface area contributed by atoms with Crippen LogP contribution in [0, 0.1) is 6.92 Å². The van der Waals surface area contributed by atoms with E-state index in [1.807, 2.05) is 0 Å². The summed E-state index contributed by atoms with van der Waals surface area (Å²) in [6.07, 6.45) is 1.76. The number of benzene rings is 1. The Hall–Kier alpha value is -2.08. The van der Waals surface area contributed by atoms with Gasteiger partial charge in [-0.2, -0.15) is 0 Å². The van der Waals surface area contributed by atoms with Gasteiger partial charge in [0.1, 0.15) is 0 Å². The smallest absolute Gasteiger partial charge is 0.409 e. The summed E-state index contributed by atoms with van der Waals surface area (Å²) in [5.41, 5.74) is 2.47. The number of carbonyl (C=O) groups is 2. The van der Waals surface area contributed by atoms with Crippen LogP contribution in [0.15, 0.2) is 24.3 Å². The van der Waals surface area contributed by atoms with Gasteiger partial charge in [-0.1, -0.05) is 29.8 Å². The molecular weight excluding hydrogens is 318 g/mol. The molecule has 6 nitrogen and oxygen atoms in total. The molecule has 1 aliphatic heterocycles. The van der Waals surface area contributed by atoms with Gasteiger partial charge in [0.25, 0.3) is 0 Å². The zero-order valence-electron chi connectivity index (χ0n) is 15.2. The fourth-order valence-corrected chi connectivity index (χ4v) is 2.86. The lowest BCUT2D eigenvalue weighted by molar-refractivity contribution is -0.122. The molecule has 0 aromatic heterocycles. The number of amides is 2. The Kier molecular flexibility index (Phi) is 7.73. The van der Waals surface area contributed by atoms with Gasteiger partial charge in [-0.25, -0.2) is 4.79 Å². The normalized spacial score (nSPS) is 15.0. The molecule has 0 atom stereocenters. The maximum Gasteiger partial charge on any atom is 0.409 e. The number of carbonyl (C=O) groups excluding carboxylic acids is 2. The second-order valence-corrected chi connectivity index (χ2v) is 6.44. The Morgan fingerprint density at radius 2 is 1.88 bits per heavy atom. The molecule has 0 radical (unpaired) electrons. The van der Waals surface area contributed by atoms with Crippen LogP contribution in [-0.4, -0.2) is 49.2 Å². The molecule has 1 heterocycles. The molecular formula is C19H29N3O3. The summed E-state index contributed by atoms with van der Waals surface area (Å²) in [7, 11) is 0. The van der Waals surface area contributed by atoms with Gasteiger partial charge in [-0.15, -0.1) is 0 Å². The van der Waals surface area contributed by atoms with Crippen molar-refractivity contribution in [2.75, 3.05) is 26.2 Å². The predicted octanol–water partition coefficient (Wildman–Crippen LogP) is 2.21. The number of hydrogen-bond donors (Lipinski definition) is 2. The number of likely N-dealkylation sites (tertiary alicyclic amines) is 1. The van der Waals surface area contributed by atoms with Crippen molar-refractivity contribution in [1.29, 1.82) is 0 Å². The Labute approximate surface area is 149 Å². The van der Waals surface area contributed by atoms with Gasteiger partial charge >= 0.3 is 6.09 Å². The van der Waals surface area contributed by atoms with Gasteiger partial charge in [0.15, 0.2) is 0 Å². The highest BCUT2D eigenvalue weighted by Gasteiger charge is 2.24. The average Bonchev–Trinajstić information content (AvgIpc) is 2.61. The van der Waals surface area contributed by atoms with Crippen LogP contribution in [0.3, 0.4) is 0 Å². The third kappa shape index (κ3) is 6.74. The quantitative estimate of drug-likeness (QED) is 0.742. The van der Waals surface area contributed by atoms with Crippen molar-refractivity contribution in [3.63, 3.8) is 0 Å². The first-order valence-electron chi connectivity index (χ1n) is 9.05. The minimum absolute atomic E-state index is 0.0611. The molecule has 138 valence electrons. The van der Waals surface area contributed by atoms with E-state index < -0.39 is 0 Å². The van der Waals surface area contributed by atoms with Gasteiger partial charge in [0, 0.05) is 38.6 Å². The molecule has 1 aromatic carbocycles. The number of nitrogens with one attached hydrogen (secondary N) is 2. The third-order valence-electron chi connectivity index (χ3n) is 4.36. The van der Waals surface area contributed by atoms with E-state index in [9.17, 15) is 9.59 Å². The second-order valence-electron chi connectivity index (χ2n) is 6.44. The number of nitrogens with zero attached hydrogens (tertiary/aromatic N) is 1. The van der Waals surface area contributed by atoms with E-state index >= 15 is 0 Å². The summed E-state index contributed by atoms with van der Waals surface area (Å²) < 4.78 is 5.00. The summed E-state index contributed by atoms with van der Waals surface area (Å²) in [6, 6.07) is 8.52. The molecule has 1 aliphatic rings. The van der Waals surface area contributed by atoms with Crippen LogP contribution in [0.2, 0.25) is 0 Å². The van der Waals surface area contributed by atoms with Gasteiger partial charge in [-0.05, 0) is 32.3 Å². The van der Waals surface area contributed by atoms with Gasteiger partial charge in [0.2, 0.25) is 5.91 Å². The standard InChI is InChI=1S/C19H29N3O3/c1-3-25-19(24)22-12-9-17(10-13-22)21-18(23)8-11-20-14-16-6-4-15(2)5-7-16/h4-7,17,20H,3,8-14H2,1-2H3,(H,21,23). The van der Waals surface area contributed by atoms with Crippen molar-refractivity contribution >= 4 is 12.0 Å². The maximum atomic E-state index is 12.0. The van der Waals surface area contributed by atoms with Crippen molar-refractivity contribution in [2.24, 2.45) is 0 Å². The van der Waals surface area contributed by atoms with Gasteiger partial charge in [-0.3, -0.25) is 4.79 Å². The predicted molar refractivity (Wildman–Crippen MR) is 97.3 cm³/mol. The van der Waals surface area contributed by atoms with E-state index in [0.717, 1.165) is 19.4 Å². The molecule has 0 saturated carbocycles. The number of aryl methyl sites for hydroxylation is 1. The zero-order chi connectivity index (χ0) is 18.1. The van der Waals surface area contributed by atoms with E-state index in [0.29, 0.717) is 32.7 Å². The molecule has 2 rings (SSSR count). The van der Waals surface area contributed by atoms with E-state index in [4.69, 9.17) is 4.74 Å². The van der Waals surface area contributed by atoms with Crippen LogP contribution in [0.5, 0.6) is 0 Å². The van der Waals surface area contributed by atoms with Crippen LogP contribution >= 0.6 is 0 Å². The highest BCUT2D eigenvalue weighted by molar-refractivity contribution is 5.76. The largest absolute Gasteiger partial charge is 0.450 e. The van der Waals surface area contributed by atoms with Crippen molar-refractivity contribution in [3.05, 3.63) is 35.4 Å². The van der Waals surface area contributed by atoms with E-state index in [1.54, 1.807) is 11.8 Å². The molecule has 1 saturated heterocycles. The first-order valence-corrected chi connectivity index (χ1v) is 9.05. The monoisotopic (exact) mass is 347 g/mol. The lowest BCUT2D eigenvalue weighted by Crippen LogP contribution is -2.47. The SMILES string of the molecule is CCOC(=O)N1CCC(NC(=O)CCNCc2ccc(C)cc2)CC1. The van der Waals surface area contributed by atoms with Crippen molar-refractivity contribution in [3.8, 4) is 0 Å². The van der Waals surface area contributed by atoms with Gasteiger partial charge < -0.3 is 20.3 Å². The van der Waals surface area contributed by atoms with Crippen LogP contribution in [0.25, 0.3) is 0 Å². The topological polar surface area (TPSA) is 70.7 Å². The average molecular weight is 347 g/mol. The summed E-state index contributed by atoms with van der Waals surface area (Å²) in [6.45, 7) is 6.96. The molecule has 25 heavy (non-hydrogen) atoms. The van der Waals surface area contributed by atoms with Crippen LogP contribution < -0.4 is 10.6 Å². The molecule has 1 fully saturated rings. The van der Waals surface area contributed by atoms with Crippen molar-refractivity contribution in [1.82, 2.24) is 15.5 Å². The molecule has 0 unspecified atom stereocenters. The van der Waals surface area contributed by atoms with Gasteiger partial charge in [0.05, 0.1) is 6.61 Å². The van der Waals surface area contributed by atoms with E-state index in [2.05, 4.69) is 41.8 Å².